The normalized spacial score (nSPS) is 10.1. The zero-order valence-corrected chi connectivity index (χ0v) is 7.17. The Morgan fingerprint density at radius 1 is 1.70 bits per heavy atom. The highest BCUT2D eigenvalue weighted by molar-refractivity contribution is 5.85. The Balaban J connectivity index is -0.000000245. The molecule has 0 saturated carbocycles. The molecule has 0 amide bonds. The Kier molecular flexibility index (Phi) is 14.3. The Hall–Kier alpha value is -0.280. The number of carboxylic acid groups (broad SMARTS) is 1. The Morgan fingerprint density at radius 2 is 2.10 bits per heavy atom. The van der Waals surface area contributed by atoms with Crippen molar-refractivity contribution in [1.29, 1.82) is 5.41 Å². The lowest BCUT2D eigenvalue weighted by Crippen LogP contribution is -2.08. The van der Waals surface area contributed by atoms with Gasteiger partial charge in [-0.15, -0.1) is 24.8 Å². The van der Waals surface area contributed by atoms with Gasteiger partial charge >= 0.3 is 5.97 Å². The van der Waals surface area contributed by atoms with E-state index in [0.717, 1.165) is 6.21 Å². The number of carboxylic acids is 1. The molecule has 3 nitrogen and oxygen atoms in total. The molecule has 0 aliphatic rings. The summed E-state index contributed by atoms with van der Waals surface area (Å²) in [6.45, 7) is 1.58. The predicted molar refractivity (Wildman–Crippen MR) is 44.7 cm³/mol. The summed E-state index contributed by atoms with van der Waals surface area (Å²) in [6.07, 6.45) is 1.44. The third-order valence-corrected chi connectivity index (χ3v) is 0.893. The van der Waals surface area contributed by atoms with Gasteiger partial charge in [0, 0.05) is 0 Å². The summed E-state index contributed by atoms with van der Waals surface area (Å²) in [4.78, 5) is 9.99. The Labute approximate surface area is 72.1 Å². The molecular weight excluding hydrogens is 177 g/mol. The van der Waals surface area contributed by atoms with Crippen molar-refractivity contribution in [2.45, 2.75) is 13.3 Å². The molecule has 0 saturated heterocycles. The van der Waals surface area contributed by atoms with E-state index in [9.17, 15) is 4.79 Å². The van der Waals surface area contributed by atoms with E-state index < -0.39 is 11.9 Å². The maximum Gasteiger partial charge on any atom is 0.306 e. The van der Waals surface area contributed by atoms with Gasteiger partial charge in [-0.2, -0.15) is 0 Å². The van der Waals surface area contributed by atoms with E-state index in [1.54, 1.807) is 6.92 Å². The highest BCUT2D eigenvalue weighted by Gasteiger charge is 2.06. The number of hydrogen-bond donors (Lipinski definition) is 2. The maximum absolute atomic E-state index is 9.99. The number of nitrogens with one attached hydrogen (secondary N) is 1. The van der Waals surface area contributed by atoms with E-state index in [1.165, 1.54) is 0 Å². The second-order valence-corrected chi connectivity index (χ2v) is 1.68. The smallest absolute Gasteiger partial charge is 0.306 e. The molecule has 0 aliphatic heterocycles. The molecule has 0 aromatic rings. The number of carbonyl (C=O) groups is 1. The molecule has 2 N–H and O–H groups in total. The molecule has 0 heterocycles. The topological polar surface area (TPSA) is 61.2 Å². The van der Waals surface area contributed by atoms with Crippen molar-refractivity contribution in [3.63, 3.8) is 0 Å². The summed E-state index contributed by atoms with van der Waals surface area (Å²) in [6, 6.07) is 0. The van der Waals surface area contributed by atoms with Gasteiger partial charge in [0.2, 0.25) is 0 Å². The highest BCUT2D eigenvalue weighted by atomic mass is 35.5. The van der Waals surface area contributed by atoms with Gasteiger partial charge in [-0.25, -0.2) is 0 Å². The van der Waals surface area contributed by atoms with Crippen molar-refractivity contribution in [2.24, 2.45) is 5.92 Å². The van der Waals surface area contributed by atoms with Gasteiger partial charge in [0.1, 0.15) is 0 Å². The molecule has 0 aromatic heterocycles. The van der Waals surface area contributed by atoms with Crippen LogP contribution in [0.2, 0.25) is 0 Å². The van der Waals surface area contributed by atoms with Crippen LogP contribution in [0.3, 0.4) is 0 Å². The maximum atomic E-state index is 9.99. The summed E-state index contributed by atoms with van der Waals surface area (Å²) in [5.74, 6) is -1.25. The molecule has 0 radical (unpaired) electrons. The first-order chi connectivity index (χ1) is 3.68. The van der Waals surface area contributed by atoms with E-state index in [-0.39, 0.29) is 24.8 Å². The van der Waals surface area contributed by atoms with Crippen LogP contribution in [-0.4, -0.2) is 17.3 Å². The third kappa shape index (κ3) is 7.72. The third-order valence-electron chi connectivity index (χ3n) is 0.893. The molecule has 10 heavy (non-hydrogen) atoms. The van der Waals surface area contributed by atoms with Gasteiger partial charge in [0.15, 0.2) is 0 Å². The lowest BCUT2D eigenvalue weighted by molar-refractivity contribution is -0.140. The standard InChI is InChI=1S/C5H9NO2.2ClH/c1-4(2-3-6)5(7)8;;/h3-4,6H,2H2,1H3,(H,7,8);2*1H. The number of halogens is 2. The summed E-state index contributed by atoms with van der Waals surface area (Å²) in [7, 11) is 0. The monoisotopic (exact) mass is 187 g/mol. The van der Waals surface area contributed by atoms with Crippen LogP contribution in [0.4, 0.5) is 0 Å². The van der Waals surface area contributed by atoms with E-state index in [1.807, 2.05) is 0 Å². The fourth-order valence-electron chi connectivity index (χ4n) is 0.278. The lowest BCUT2D eigenvalue weighted by atomic mass is 10.1. The minimum Gasteiger partial charge on any atom is -0.481 e. The summed E-state index contributed by atoms with van der Waals surface area (Å²) >= 11 is 0. The van der Waals surface area contributed by atoms with Gasteiger partial charge in [-0.05, 0) is 12.6 Å². The van der Waals surface area contributed by atoms with Crippen molar-refractivity contribution in [3.8, 4) is 0 Å². The largest absolute Gasteiger partial charge is 0.481 e. The minimum atomic E-state index is -0.839. The van der Waals surface area contributed by atoms with E-state index in [2.05, 4.69) is 0 Å². The quantitative estimate of drug-likeness (QED) is 0.660. The second-order valence-electron chi connectivity index (χ2n) is 1.68. The van der Waals surface area contributed by atoms with Crippen LogP contribution in [-0.2, 0) is 4.79 Å². The molecule has 62 valence electrons. The fourth-order valence-corrected chi connectivity index (χ4v) is 0.278. The zero-order chi connectivity index (χ0) is 6.57. The fraction of sp³-hybridized carbons (Fsp3) is 0.600. The Morgan fingerprint density at radius 3 is 2.20 bits per heavy atom. The molecule has 0 spiro atoms. The van der Waals surface area contributed by atoms with E-state index in [0.29, 0.717) is 6.42 Å². The van der Waals surface area contributed by atoms with Crippen LogP contribution in [0.1, 0.15) is 13.3 Å². The zero-order valence-electron chi connectivity index (χ0n) is 5.53. The highest BCUT2D eigenvalue weighted by Crippen LogP contribution is 1.96. The van der Waals surface area contributed by atoms with Crippen molar-refractivity contribution in [3.05, 3.63) is 0 Å². The van der Waals surface area contributed by atoms with Crippen LogP contribution in [0, 0.1) is 11.3 Å². The first kappa shape index (κ1) is 16.4. The van der Waals surface area contributed by atoms with Crippen LogP contribution >= 0.6 is 24.8 Å². The van der Waals surface area contributed by atoms with E-state index in [4.69, 9.17) is 10.5 Å². The molecule has 1 atom stereocenters. The molecule has 0 bridgehead atoms. The minimum absolute atomic E-state index is 0. The summed E-state index contributed by atoms with van der Waals surface area (Å²) < 4.78 is 0. The number of hydrogen-bond acceptors (Lipinski definition) is 2. The predicted octanol–water partition coefficient (Wildman–Crippen LogP) is 1.59. The number of aliphatic carboxylic acids is 1. The molecule has 0 aliphatic carbocycles. The molecular formula is C5H11Cl2NO2. The van der Waals surface area contributed by atoms with Crippen molar-refractivity contribution >= 4 is 37.0 Å². The van der Waals surface area contributed by atoms with Gasteiger partial charge in [-0.3, -0.25) is 4.79 Å². The number of rotatable bonds is 3. The van der Waals surface area contributed by atoms with Crippen LogP contribution < -0.4 is 0 Å². The van der Waals surface area contributed by atoms with Crippen molar-refractivity contribution < 1.29 is 9.90 Å². The van der Waals surface area contributed by atoms with Gasteiger partial charge in [0.25, 0.3) is 0 Å². The van der Waals surface area contributed by atoms with Crippen LogP contribution in [0.25, 0.3) is 0 Å². The molecule has 5 heteroatoms. The Bertz CT molecular complexity index is 108. The summed E-state index contributed by atoms with van der Waals surface area (Å²) in [5.41, 5.74) is 0. The first-order valence-corrected chi connectivity index (χ1v) is 2.40. The van der Waals surface area contributed by atoms with Gasteiger partial charge in [0.05, 0.1) is 5.92 Å². The summed E-state index contributed by atoms with van der Waals surface area (Å²) in [5, 5.41) is 14.7. The van der Waals surface area contributed by atoms with Gasteiger partial charge < -0.3 is 10.5 Å². The van der Waals surface area contributed by atoms with Crippen molar-refractivity contribution in [1.82, 2.24) is 0 Å². The van der Waals surface area contributed by atoms with E-state index >= 15 is 0 Å². The molecule has 0 rings (SSSR count). The van der Waals surface area contributed by atoms with Gasteiger partial charge in [-0.1, -0.05) is 6.92 Å². The molecule has 1 unspecified atom stereocenters. The first-order valence-electron chi connectivity index (χ1n) is 2.40. The second kappa shape index (κ2) is 8.72. The van der Waals surface area contributed by atoms with Crippen LogP contribution in [0.5, 0.6) is 0 Å². The molecule has 0 fully saturated rings. The SMILES string of the molecule is CC(CC=N)C(=O)O.Cl.Cl. The average molecular weight is 188 g/mol. The van der Waals surface area contributed by atoms with Crippen LogP contribution in [0.15, 0.2) is 0 Å². The lowest BCUT2D eigenvalue weighted by Gasteiger charge is -1.96. The average Bonchev–Trinajstić information content (AvgIpc) is 1.67. The van der Waals surface area contributed by atoms with Crippen molar-refractivity contribution in [2.75, 3.05) is 0 Å². The molecule has 0 aromatic carbocycles.